The van der Waals surface area contributed by atoms with E-state index in [1.807, 2.05) is 23.9 Å². The Morgan fingerprint density at radius 3 is 2.95 bits per heavy atom. The maximum absolute atomic E-state index is 6.10. The summed E-state index contributed by atoms with van der Waals surface area (Å²) in [5.41, 5.74) is 7.78. The lowest BCUT2D eigenvalue weighted by atomic mass is 10.2. The lowest BCUT2D eigenvalue weighted by molar-refractivity contribution is 0.398. The van der Waals surface area contributed by atoms with Crippen LogP contribution < -0.4 is 10.5 Å². The molecule has 1 saturated carbocycles. The highest BCUT2D eigenvalue weighted by Crippen LogP contribution is 2.40. The number of thioether (sulfide) groups is 1. The molecule has 102 valence electrons. The summed E-state index contributed by atoms with van der Waals surface area (Å²) in [7, 11) is 1.62. The summed E-state index contributed by atoms with van der Waals surface area (Å²) in [5, 5.41) is 0.590. The first-order valence-corrected chi connectivity index (χ1v) is 7.74. The zero-order valence-corrected chi connectivity index (χ0v) is 12.0. The van der Waals surface area contributed by atoms with Gasteiger partial charge < -0.3 is 10.5 Å². The molecular weight excluding hydrogens is 260 g/mol. The number of hydrogen-bond acceptors (Lipinski definition) is 5. The van der Waals surface area contributed by atoms with Crippen molar-refractivity contribution in [3.8, 4) is 5.88 Å². The van der Waals surface area contributed by atoms with E-state index in [0.717, 1.165) is 17.6 Å². The molecule has 0 aliphatic heterocycles. The first kappa shape index (κ1) is 12.6. The van der Waals surface area contributed by atoms with E-state index in [4.69, 9.17) is 10.5 Å². The number of hydrogen-bond donors (Lipinski definition) is 1. The maximum atomic E-state index is 6.10. The summed E-state index contributed by atoms with van der Waals surface area (Å²) in [6.45, 7) is 0. The van der Waals surface area contributed by atoms with Gasteiger partial charge in [0, 0.05) is 11.3 Å². The number of methoxy groups -OCH3 is 1. The van der Waals surface area contributed by atoms with Crippen molar-refractivity contribution in [1.82, 2.24) is 14.5 Å². The molecule has 1 fully saturated rings. The number of nitrogens with zero attached hydrogens (tertiary/aromatic N) is 3. The van der Waals surface area contributed by atoms with Crippen molar-refractivity contribution in [2.24, 2.45) is 0 Å². The van der Waals surface area contributed by atoms with Crippen LogP contribution in [0.15, 0.2) is 12.1 Å². The summed E-state index contributed by atoms with van der Waals surface area (Å²) < 4.78 is 7.29. The Kier molecular flexibility index (Phi) is 3.26. The van der Waals surface area contributed by atoms with Crippen molar-refractivity contribution in [2.75, 3.05) is 19.1 Å². The van der Waals surface area contributed by atoms with Gasteiger partial charge >= 0.3 is 0 Å². The van der Waals surface area contributed by atoms with Crippen LogP contribution >= 0.6 is 11.8 Å². The van der Waals surface area contributed by atoms with Gasteiger partial charge in [-0.05, 0) is 25.2 Å². The number of fused-ring (bicyclic) bond motifs is 1. The molecule has 2 N–H and O–H groups in total. The van der Waals surface area contributed by atoms with Crippen LogP contribution in [0.2, 0.25) is 0 Å². The first-order valence-electron chi connectivity index (χ1n) is 6.46. The Labute approximate surface area is 116 Å². The van der Waals surface area contributed by atoms with E-state index in [2.05, 4.69) is 20.8 Å². The van der Waals surface area contributed by atoms with Crippen LogP contribution in [0.25, 0.3) is 11.2 Å². The van der Waals surface area contributed by atoms with Gasteiger partial charge in [0.15, 0.2) is 5.65 Å². The molecule has 0 bridgehead atoms. The summed E-state index contributed by atoms with van der Waals surface area (Å²) >= 11 is 1.90. The lowest BCUT2D eigenvalue weighted by Gasteiger charge is -2.20. The number of nitrogen functional groups attached to an aromatic ring is 1. The number of nitrogens with two attached hydrogens (primary N) is 1. The Balaban J connectivity index is 2.13. The van der Waals surface area contributed by atoms with Crippen LogP contribution in [0.4, 0.5) is 5.95 Å². The third-order valence-corrected chi connectivity index (χ3v) is 4.96. The fourth-order valence-electron chi connectivity index (χ4n) is 2.89. The molecule has 0 amide bonds. The minimum Gasteiger partial charge on any atom is -0.481 e. The topological polar surface area (TPSA) is 66.0 Å². The molecule has 2 heterocycles. The molecular formula is C13H18N4OS. The monoisotopic (exact) mass is 278 g/mol. The highest BCUT2D eigenvalue weighted by molar-refractivity contribution is 7.99. The second kappa shape index (κ2) is 4.92. The Hall–Kier alpha value is -1.43. The largest absolute Gasteiger partial charge is 0.481 e. The second-order valence-corrected chi connectivity index (χ2v) is 5.89. The molecule has 0 saturated heterocycles. The van der Waals surface area contributed by atoms with E-state index in [1.54, 1.807) is 7.11 Å². The van der Waals surface area contributed by atoms with Gasteiger partial charge in [0.1, 0.15) is 5.52 Å². The number of ether oxygens (including phenoxy) is 1. The fraction of sp³-hybridized carbons (Fsp3) is 0.538. The molecule has 6 heteroatoms. The van der Waals surface area contributed by atoms with Crippen molar-refractivity contribution < 1.29 is 4.74 Å². The quantitative estimate of drug-likeness (QED) is 0.934. The fourth-order valence-corrected chi connectivity index (χ4v) is 3.87. The Bertz CT molecular complexity index is 598. The van der Waals surface area contributed by atoms with Gasteiger partial charge in [-0.1, -0.05) is 6.42 Å². The molecule has 2 aromatic rings. The van der Waals surface area contributed by atoms with Crippen molar-refractivity contribution in [3.05, 3.63) is 12.1 Å². The summed E-state index contributed by atoms with van der Waals surface area (Å²) in [6.07, 6.45) is 5.76. The van der Waals surface area contributed by atoms with E-state index in [9.17, 15) is 0 Å². The van der Waals surface area contributed by atoms with E-state index < -0.39 is 0 Å². The summed E-state index contributed by atoms with van der Waals surface area (Å²) in [4.78, 5) is 8.93. The number of rotatable bonds is 3. The minimum atomic E-state index is 0.389. The van der Waals surface area contributed by atoms with Gasteiger partial charge in [-0.25, -0.2) is 4.98 Å². The van der Waals surface area contributed by atoms with Crippen molar-refractivity contribution in [2.45, 2.75) is 30.6 Å². The second-order valence-electron chi connectivity index (χ2n) is 4.81. The SMILES string of the molecule is COc1ccc2nc(N)n(C3CCCC3SC)c2n1. The highest BCUT2D eigenvalue weighted by atomic mass is 32.2. The van der Waals surface area contributed by atoms with Gasteiger partial charge in [-0.2, -0.15) is 16.7 Å². The Morgan fingerprint density at radius 2 is 2.21 bits per heavy atom. The number of aromatic nitrogens is 3. The molecule has 2 unspecified atom stereocenters. The van der Waals surface area contributed by atoms with Gasteiger partial charge in [0.05, 0.1) is 13.2 Å². The van der Waals surface area contributed by atoms with Crippen LogP contribution in [0.1, 0.15) is 25.3 Å². The smallest absolute Gasteiger partial charge is 0.215 e. The van der Waals surface area contributed by atoms with Gasteiger partial charge in [-0.15, -0.1) is 0 Å². The third kappa shape index (κ3) is 2.04. The standard InChI is InChI=1S/C13H18N4OS/c1-18-11-7-6-8-12(16-11)17(13(14)15-8)9-4-3-5-10(9)19-2/h6-7,9-10H,3-5H2,1-2H3,(H2,14,15). The molecule has 0 radical (unpaired) electrons. The maximum Gasteiger partial charge on any atom is 0.215 e. The highest BCUT2D eigenvalue weighted by Gasteiger charge is 2.31. The summed E-state index contributed by atoms with van der Waals surface area (Å²) in [5.74, 6) is 1.16. The van der Waals surface area contributed by atoms with Gasteiger partial charge in [0.25, 0.3) is 0 Å². The summed E-state index contributed by atoms with van der Waals surface area (Å²) in [6, 6.07) is 4.12. The van der Waals surface area contributed by atoms with Crippen LogP contribution in [-0.4, -0.2) is 33.2 Å². The molecule has 1 aliphatic carbocycles. The van der Waals surface area contributed by atoms with Crippen LogP contribution in [0.3, 0.4) is 0 Å². The lowest BCUT2D eigenvalue weighted by Crippen LogP contribution is -2.18. The normalized spacial score (nSPS) is 23.1. The van der Waals surface area contributed by atoms with Crippen LogP contribution in [0.5, 0.6) is 5.88 Å². The van der Waals surface area contributed by atoms with Crippen LogP contribution in [0, 0.1) is 0 Å². The van der Waals surface area contributed by atoms with E-state index in [-0.39, 0.29) is 0 Å². The zero-order valence-electron chi connectivity index (χ0n) is 11.2. The molecule has 2 aromatic heterocycles. The van der Waals surface area contributed by atoms with Crippen LogP contribution in [-0.2, 0) is 0 Å². The number of pyridine rings is 1. The average molecular weight is 278 g/mol. The minimum absolute atomic E-state index is 0.389. The average Bonchev–Trinajstić information content (AvgIpc) is 3.00. The predicted molar refractivity (Wildman–Crippen MR) is 78.7 cm³/mol. The number of imidazole rings is 1. The van der Waals surface area contributed by atoms with E-state index in [0.29, 0.717) is 23.1 Å². The molecule has 5 nitrogen and oxygen atoms in total. The number of anilines is 1. The van der Waals surface area contributed by atoms with Gasteiger partial charge in [0.2, 0.25) is 11.8 Å². The molecule has 2 atom stereocenters. The molecule has 0 aromatic carbocycles. The van der Waals surface area contributed by atoms with E-state index in [1.165, 1.54) is 12.8 Å². The van der Waals surface area contributed by atoms with Crippen molar-refractivity contribution in [1.29, 1.82) is 0 Å². The van der Waals surface area contributed by atoms with Crippen molar-refractivity contribution in [3.63, 3.8) is 0 Å². The zero-order chi connectivity index (χ0) is 13.4. The molecule has 19 heavy (non-hydrogen) atoms. The van der Waals surface area contributed by atoms with Crippen molar-refractivity contribution >= 4 is 28.9 Å². The third-order valence-electron chi connectivity index (χ3n) is 3.80. The molecule has 3 rings (SSSR count). The molecule has 1 aliphatic rings. The Morgan fingerprint density at radius 1 is 1.37 bits per heavy atom. The van der Waals surface area contributed by atoms with Gasteiger partial charge in [-0.3, -0.25) is 4.57 Å². The predicted octanol–water partition coefficient (Wildman–Crippen LogP) is 2.48. The molecule has 0 spiro atoms. The van der Waals surface area contributed by atoms with E-state index >= 15 is 0 Å². The first-order chi connectivity index (χ1) is 9.24.